The molecule has 0 fully saturated rings. The first-order valence-electron chi connectivity index (χ1n) is 7.44. The zero-order valence-electron chi connectivity index (χ0n) is 12.9. The SMILES string of the molecule is Cc1cccc(OC[C@@H](O)Cn2c[n+](C)c3ccccc32)c1. The predicted octanol–water partition coefficient (Wildman–Crippen LogP) is 2.21. The van der Waals surface area contributed by atoms with Gasteiger partial charge in [0, 0.05) is 0 Å². The van der Waals surface area contributed by atoms with E-state index in [0.717, 1.165) is 22.3 Å². The van der Waals surface area contributed by atoms with E-state index in [9.17, 15) is 5.11 Å². The summed E-state index contributed by atoms with van der Waals surface area (Å²) in [4.78, 5) is 0. The van der Waals surface area contributed by atoms with Gasteiger partial charge in [-0.15, -0.1) is 0 Å². The van der Waals surface area contributed by atoms with Crippen LogP contribution in [0.15, 0.2) is 54.9 Å². The van der Waals surface area contributed by atoms with Gasteiger partial charge in [0.15, 0.2) is 11.0 Å². The van der Waals surface area contributed by atoms with Crippen LogP contribution in [0.1, 0.15) is 5.56 Å². The van der Waals surface area contributed by atoms with Gasteiger partial charge in [-0.05, 0) is 36.8 Å². The number of imidazole rings is 1. The molecule has 1 heterocycles. The van der Waals surface area contributed by atoms with Gasteiger partial charge in [-0.25, -0.2) is 9.13 Å². The summed E-state index contributed by atoms with van der Waals surface area (Å²) in [6.45, 7) is 2.81. The van der Waals surface area contributed by atoms with Gasteiger partial charge in [-0.2, -0.15) is 0 Å². The minimum Gasteiger partial charge on any atom is -0.491 e. The summed E-state index contributed by atoms with van der Waals surface area (Å²) >= 11 is 0. The molecule has 0 saturated carbocycles. The molecule has 2 aromatic carbocycles. The van der Waals surface area contributed by atoms with Crippen LogP contribution in [0.4, 0.5) is 0 Å². The maximum atomic E-state index is 10.2. The van der Waals surface area contributed by atoms with Crippen LogP contribution in [-0.4, -0.2) is 22.4 Å². The van der Waals surface area contributed by atoms with Gasteiger partial charge >= 0.3 is 0 Å². The average molecular weight is 297 g/mol. The predicted molar refractivity (Wildman–Crippen MR) is 85.8 cm³/mol. The van der Waals surface area contributed by atoms with Crippen molar-refractivity contribution in [1.29, 1.82) is 0 Å². The van der Waals surface area contributed by atoms with Gasteiger partial charge in [0.25, 0.3) is 0 Å². The molecule has 4 nitrogen and oxygen atoms in total. The second-order valence-corrected chi connectivity index (χ2v) is 5.65. The van der Waals surface area contributed by atoms with Crippen molar-refractivity contribution in [3.05, 3.63) is 60.4 Å². The Labute approximate surface area is 130 Å². The Kier molecular flexibility index (Phi) is 4.11. The van der Waals surface area contributed by atoms with Crippen LogP contribution in [0.2, 0.25) is 0 Å². The molecule has 0 saturated heterocycles. The molecule has 0 aliphatic heterocycles. The van der Waals surface area contributed by atoms with Crippen molar-refractivity contribution in [2.24, 2.45) is 7.05 Å². The number of rotatable bonds is 5. The van der Waals surface area contributed by atoms with Crippen molar-refractivity contribution in [3.8, 4) is 5.75 Å². The number of benzene rings is 2. The average Bonchev–Trinajstić information content (AvgIpc) is 2.82. The fourth-order valence-corrected chi connectivity index (χ4v) is 2.66. The van der Waals surface area contributed by atoms with Crippen LogP contribution in [0, 0.1) is 6.92 Å². The summed E-state index contributed by atoms with van der Waals surface area (Å²) in [5.74, 6) is 0.793. The van der Waals surface area contributed by atoms with Gasteiger partial charge in [0.2, 0.25) is 6.33 Å². The van der Waals surface area contributed by atoms with E-state index >= 15 is 0 Å². The zero-order chi connectivity index (χ0) is 15.5. The molecule has 3 rings (SSSR count). The summed E-state index contributed by atoms with van der Waals surface area (Å²) in [5, 5.41) is 10.2. The maximum absolute atomic E-state index is 10.2. The van der Waals surface area contributed by atoms with Crippen LogP contribution in [0.25, 0.3) is 11.0 Å². The third kappa shape index (κ3) is 3.12. The summed E-state index contributed by atoms with van der Waals surface area (Å²) in [6, 6.07) is 16.0. The maximum Gasteiger partial charge on any atom is 0.244 e. The highest BCUT2D eigenvalue weighted by atomic mass is 16.5. The number of para-hydroxylation sites is 2. The van der Waals surface area contributed by atoms with E-state index < -0.39 is 6.10 Å². The Bertz CT molecular complexity index is 780. The second kappa shape index (κ2) is 6.20. The molecule has 0 unspecified atom stereocenters. The number of nitrogens with zero attached hydrogens (tertiary/aromatic N) is 2. The summed E-state index contributed by atoms with van der Waals surface area (Å²) in [5.41, 5.74) is 3.41. The second-order valence-electron chi connectivity index (χ2n) is 5.65. The lowest BCUT2D eigenvalue weighted by Crippen LogP contribution is -2.27. The number of fused-ring (bicyclic) bond motifs is 1. The van der Waals surface area contributed by atoms with Crippen molar-refractivity contribution in [2.45, 2.75) is 19.6 Å². The molecule has 0 amide bonds. The number of aliphatic hydroxyl groups is 1. The Balaban J connectivity index is 1.67. The lowest BCUT2D eigenvalue weighted by Gasteiger charge is -2.11. The van der Waals surface area contributed by atoms with E-state index in [0.29, 0.717) is 6.54 Å². The first kappa shape index (κ1) is 14.6. The number of aryl methyl sites for hydroxylation is 2. The molecule has 1 aromatic heterocycles. The molecular formula is C18H21N2O2+. The lowest BCUT2D eigenvalue weighted by atomic mass is 10.2. The Morgan fingerprint density at radius 3 is 2.82 bits per heavy atom. The van der Waals surface area contributed by atoms with Gasteiger partial charge in [0.05, 0.1) is 7.05 Å². The molecule has 22 heavy (non-hydrogen) atoms. The number of hydrogen-bond acceptors (Lipinski definition) is 2. The lowest BCUT2D eigenvalue weighted by molar-refractivity contribution is -0.645. The van der Waals surface area contributed by atoms with E-state index in [1.54, 1.807) is 0 Å². The number of ether oxygens (including phenoxy) is 1. The molecule has 4 heteroatoms. The fraction of sp³-hybridized carbons (Fsp3) is 0.278. The molecule has 0 aliphatic carbocycles. The Morgan fingerprint density at radius 2 is 2.00 bits per heavy atom. The van der Waals surface area contributed by atoms with Crippen LogP contribution >= 0.6 is 0 Å². The van der Waals surface area contributed by atoms with Crippen molar-refractivity contribution >= 4 is 11.0 Å². The molecule has 1 atom stereocenters. The topological polar surface area (TPSA) is 38.3 Å². The minimum atomic E-state index is -0.559. The number of hydrogen-bond donors (Lipinski definition) is 1. The monoisotopic (exact) mass is 297 g/mol. The molecule has 1 N–H and O–H groups in total. The third-order valence-corrected chi connectivity index (χ3v) is 3.72. The molecule has 114 valence electrons. The zero-order valence-corrected chi connectivity index (χ0v) is 12.9. The molecule has 3 aromatic rings. The highest BCUT2D eigenvalue weighted by molar-refractivity contribution is 5.71. The van der Waals surface area contributed by atoms with E-state index in [2.05, 4.69) is 21.3 Å². The number of aromatic nitrogens is 2. The Morgan fingerprint density at radius 1 is 1.18 bits per heavy atom. The van der Waals surface area contributed by atoms with Crippen LogP contribution < -0.4 is 9.30 Å². The van der Waals surface area contributed by atoms with Crippen LogP contribution in [0.5, 0.6) is 5.75 Å². The molecule has 0 radical (unpaired) electrons. The van der Waals surface area contributed by atoms with E-state index in [1.807, 2.05) is 56.7 Å². The quantitative estimate of drug-likeness (QED) is 0.733. The molecule has 0 spiro atoms. The first-order chi connectivity index (χ1) is 10.6. The number of aliphatic hydroxyl groups excluding tert-OH is 1. The largest absolute Gasteiger partial charge is 0.491 e. The minimum absolute atomic E-state index is 0.277. The molecule has 0 aliphatic rings. The van der Waals surface area contributed by atoms with E-state index in [4.69, 9.17) is 4.74 Å². The highest BCUT2D eigenvalue weighted by Gasteiger charge is 2.16. The summed E-state index contributed by atoms with van der Waals surface area (Å²) in [7, 11) is 2.01. The van der Waals surface area contributed by atoms with Crippen molar-refractivity contribution < 1.29 is 14.4 Å². The van der Waals surface area contributed by atoms with Gasteiger partial charge in [0.1, 0.15) is 25.0 Å². The summed E-state index contributed by atoms with van der Waals surface area (Å²) in [6.07, 6.45) is 1.44. The van der Waals surface area contributed by atoms with Crippen LogP contribution in [-0.2, 0) is 13.6 Å². The fourth-order valence-electron chi connectivity index (χ4n) is 2.66. The van der Waals surface area contributed by atoms with Crippen molar-refractivity contribution in [1.82, 2.24) is 4.57 Å². The highest BCUT2D eigenvalue weighted by Crippen LogP contribution is 2.14. The smallest absolute Gasteiger partial charge is 0.244 e. The van der Waals surface area contributed by atoms with Gasteiger partial charge in [-0.1, -0.05) is 24.3 Å². The molecule has 0 bridgehead atoms. The Hall–Kier alpha value is -2.33. The van der Waals surface area contributed by atoms with Gasteiger partial charge in [-0.3, -0.25) is 0 Å². The van der Waals surface area contributed by atoms with Crippen molar-refractivity contribution in [2.75, 3.05) is 6.61 Å². The summed E-state index contributed by atoms with van der Waals surface area (Å²) < 4.78 is 9.78. The van der Waals surface area contributed by atoms with Crippen LogP contribution in [0.3, 0.4) is 0 Å². The first-order valence-corrected chi connectivity index (χ1v) is 7.44. The standard InChI is InChI=1S/C18H21N2O2/c1-14-6-5-7-16(10-14)22-12-15(21)11-20-13-19(2)17-8-3-4-9-18(17)20/h3-10,13,15,21H,11-12H2,1-2H3/q+1/t15-/m0/s1. The van der Waals surface area contributed by atoms with E-state index in [1.165, 1.54) is 0 Å². The van der Waals surface area contributed by atoms with E-state index in [-0.39, 0.29) is 6.61 Å². The third-order valence-electron chi connectivity index (χ3n) is 3.72. The van der Waals surface area contributed by atoms with Gasteiger partial charge < -0.3 is 9.84 Å². The normalized spacial score (nSPS) is 12.5. The van der Waals surface area contributed by atoms with Crippen molar-refractivity contribution in [3.63, 3.8) is 0 Å². The molecular weight excluding hydrogens is 276 g/mol.